The maximum Gasteiger partial charge on any atom is 0.356 e. The first-order valence-corrected chi connectivity index (χ1v) is 3.61. The molecule has 0 radical (unpaired) electrons. The quantitative estimate of drug-likeness (QED) is 0.549. The van der Waals surface area contributed by atoms with E-state index in [-0.39, 0.29) is 5.97 Å². The molecule has 0 unspecified atom stereocenters. The topological polar surface area (TPSA) is 50.4 Å². The number of ether oxygens (including phenoxy) is 1. The van der Waals surface area contributed by atoms with Gasteiger partial charge < -0.3 is 15.4 Å². The highest BCUT2D eigenvalue weighted by Crippen LogP contribution is 2.03. The van der Waals surface area contributed by atoms with Gasteiger partial charge in [-0.2, -0.15) is 0 Å². The Morgan fingerprint density at radius 1 is 1.64 bits per heavy atom. The molecule has 1 aliphatic rings. The van der Waals surface area contributed by atoms with E-state index in [0.29, 0.717) is 19.0 Å². The fourth-order valence-corrected chi connectivity index (χ4v) is 0.915. The van der Waals surface area contributed by atoms with Gasteiger partial charge >= 0.3 is 5.97 Å². The highest BCUT2D eigenvalue weighted by Gasteiger charge is 2.17. The van der Waals surface area contributed by atoms with E-state index in [1.54, 1.807) is 6.92 Å². The second kappa shape index (κ2) is 3.27. The lowest BCUT2D eigenvalue weighted by atomic mass is 10.4. The molecule has 1 heterocycles. The molecule has 0 amide bonds. The zero-order valence-corrected chi connectivity index (χ0v) is 6.73. The van der Waals surface area contributed by atoms with Crippen molar-refractivity contribution in [1.82, 2.24) is 10.6 Å². The first kappa shape index (κ1) is 7.91. The summed E-state index contributed by atoms with van der Waals surface area (Å²) in [6.45, 7) is 4.65. The van der Waals surface area contributed by atoms with Gasteiger partial charge in [-0.3, -0.25) is 0 Å². The summed E-state index contributed by atoms with van der Waals surface area (Å²) in [5, 5.41) is 5.86. The van der Waals surface area contributed by atoms with Crippen molar-refractivity contribution in [2.45, 2.75) is 13.8 Å². The summed E-state index contributed by atoms with van der Waals surface area (Å²) in [6, 6.07) is 0. The Morgan fingerprint density at radius 3 is 2.82 bits per heavy atom. The molecule has 0 atom stereocenters. The molecule has 0 aromatic heterocycles. The van der Waals surface area contributed by atoms with Crippen LogP contribution in [-0.2, 0) is 9.53 Å². The van der Waals surface area contributed by atoms with Crippen LogP contribution < -0.4 is 10.6 Å². The normalized spacial score (nSPS) is 15.8. The number of carbonyl (C=O) groups is 1. The molecule has 4 nitrogen and oxygen atoms in total. The van der Waals surface area contributed by atoms with Crippen LogP contribution in [0.3, 0.4) is 0 Å². The summed E-state index contributed by atoms with van der Waals surface area (Å²) < 4.78 is 4.80. The number of carbonyl (C=O) groups excluding carboxylic acids is 1. The second-order valence-electron chi connectivity index (χ2n) is 2.25. The summed E-state index contributed by atoms with van der Waals surface area (Å²) in [7, 11) is 0. The third-order valence-electron chi connectivity index (χ3n) is 1.47. The highest BCUT2D eigenvalue weighted by atomic mass is 16.5. The molecule has 1 rings (SSSR count). The van der Waals surface area contributed by atoms with E-state index in [9.17, 15) is 4.79 Å². The number of allylic oxidation sites excluding steroid dienone is 1. The van der Waals surface area contributed by atoms with Gasteiger partial charge in [0.25, 0.3) is 0 Å². The maximum absolute atomic E-state index is 11.1. The van der Waals surface area contributed by atoms with Crippen molar-refractivity contribution in [3.63, 3.8) is 0 Å². The largest absolute Gasteiger partial charge is 0.461 e. The number of esters is 1. The van der Waals surface area contributed by atoms with Crippen LogP contribution in [0.15, 0.2) is 11.4 Å². The number of rotatable bonds is 2. The minimum atomic E-state index is -0.282. The third kappa shape index (κ3) is 1.63. The van der Waals surface area contributed by atoms with Crippen LogP contribution in [0.25, 0.3) is 0 Å². The van der Waals surface area contributed by atoms with Crippen LogP contribution in [0.5, 0.6) is 0 Å². The molecule has 62 valence electrons. The maximum atomic E-state index is 11.1. The molecular weight excluding hydrogens is 144 g/mol. The average Bonchev–Trinajstić information content (AvgIpc) is 2.36. The Kier molecular flexibility index (Phi) is 2.36. The summed E-state index contributed by atoms with van der Waals surface area (Å²) in [5.74, 6) is -0.282. The fourth-order valence-electron chi connectivity index (χ4n) is 0.915. The summed E-state index contributed by atoms with van der Waals surface area (Å²) in [5.41, 5.74) is 1.40. The molecule has 0 saturated heterocycles. The van der Waals surface area contributed by atoms with Crippen LogP contribution in [0.2, 0.25) is 0 Å². The monoisotopic (exact) mass is 156 g/mol. The van der Waals surface area contributed by atoms with E-state index in [1.807, 2.05) is 6.92 Å². The lowest BCUT2D eigenvalue weighted by molar-refractivity contribution is -0.138. The van der Waals surface area contributed by atoms with Crippen LogP contribution in [0.1, 0.15) is 13.8 Å². The summed E-state index contributed by atoms with van der Waals surface area (Å²) in [6.07, 6.45) is 0. The molecule has 11 heavy (non-hydrogen) atoms. The zero-order valence-electron chi connectivity index (χ0n) is 6.73. The second-order valence-corrected chi connectivity index (χ2v) is 2.25. The molecule has 2 N–H and O–H groups in total. The number of nitrogens with one attached hydrogen (secondary N) is 2. The Hall–Kier alpha value is -1.19. The molecule has 0 fully saturated rings. The van der Waals surface area contributed by atoms with Gasteiger partial charge in [-0.05, 0) is 13.8 Å². The predicted octanol–water partition coefficient (Wildman–Crippen LogP) is -0.0687. The van der Waals surface area contributed by atoms with Crippen molar-refractivity contribution >= 4 is 5.97 Å². The molecule has 0 bridgehead atoms. The molecule has 4 heteroatoms. The van der Waals surface area contributed by atoms with Crippen molar-refractivity contribution < 1.29 is 9.53 Å². The van der Waals surface area contributed by atoms with Crippen LogP contribution in [0.4, 0.5) is 0 Å². The minimum absolute atomic E-state index is 0.282. The van der Waals surface area contributed by atoms with Crippen LogP contribution in [-0.4, -0.2) is 19.2 Å². The fraction of sp³-hybridized carbons (Fsp3) is 0.571. The third-order valence-corrected chi connectivity index (χ3v) is 1.47. The summed E-state index contributed by atoms with van der Waals surface area (Å²) in [4.78, 5) is 11.1. The SMILES string of the molecule is CCOC(=O)C1=C(C)NCN1. The number of hydrogen-bond donors (Lipinski definition) is 2. The minimum Gasteiger partial charge on any atom is -0.461 e. The van der Waals surface area contributed by atoms with Gasteiger partial charge in [-0.1, -0.05) is 0 Å². The van der Waals surface area contributed by atoms with Crippen LogP contribution >= 0.6 is 0 Å². The van der Waals surface area contributed by atoms with E-state index in [0.717, 1.165) is 5.70 Å². The molecule has 0 spiro atoms. The standard InChI is InChI=1S/C7H12N2O2/c1-3-11-7(10)6-5(2)8-4-9-6/h8-9H,3-4H2,1-2H3. The van der Waals surface area contributed by atoms with Gasteiger partial charge in [0.15, 0.2) is 0 Å². The van der Waals surface area contributed by atoms with Gasteiger partial charge in [0.2, 0.25) is 0 Å². The number of hydrogen-bond acceptors (Lipinski definition) is 4. The molecule has 0 aliphatic carbocycles. The molecular formula is C7H12N2O2. The van der Waals surface area contributed by atoms with Crippen molar-refractivity contribution in [2.75, 3.05) is 13.3 Å². The van der Waals surface area contributed by atoms with Crippen molar-refractivity contribution in [1.29, 1.82) is 0 Å². The van der Waals surface area contributed by atoms with Crippen molar-refractivity contribution in [2.24, 2.45) is 0 Å². The van der Waals surface area contributed by atoms with Gasteiger partial charge in [-0.15, -0.1) is 0 Å². The Morgan fingerprint density at radius 2 is 2.36 bits per heavy atom. The smallest absolute Gasteiger partial charge is 0.356 e. The van der Waals surface area contributed by atoms with E-state index in [4.69, 9.17) is 4.74 Å². The highest BCUT2D eigenvalue weighted by molar-refractivity contribution is 5.88. The lowest BCUT2D eigenvalue weighted by Gasteiger charge is -2.02. The Balaban J connectivity index is 2.59. The van der Waals surface area contributed by atoms with E-state index < -0.39 is 0 Å². The Labute approximate surface area is 65.6 Å². The van der Waals surface area contributed by atoms with Gasteiger partial charge in [-0.25, -0.2) is 4.79 Å². The van der Waals surface area contributed by atoms with E-state index in [1.165, 1.54) is 0 Å². The van der Waals surface area contributed by atoms with E-state index in [2.05, 4.69) is 10.6 Å². The molecule has 0 aromatic rings. The molecule has 0 saturated carbocycles. The van der Waals surface area contributed by atoms with Crippen molar-refractivity contribution in [3.05, 3.63) is 11.4 Å². The van der Waals surface area contributed by atoms with Gasteiger partial charge in [0.1, 0.15) is 5.70 Å². The van der Waals surface area contributed by atoms with Gasteiger partial charge in [0, 0.05) is 5.70 Å². The first-order valence-electron chi connectivity index (χ1n) is 3.61. The Bertz CT molecular complexity index is 199. The predicted molar refractivity (Wildman–Crippen MR) is 40.5 cm³/mol. The summed E-state index contributed by atoms with van der Waals surface area (Å²) >= 11 is 0. The van der Waals surface area contributed by atoms with Gasteiger partial charge in [0.05, 0.1) is 13.3 Å². The van der Waals surface area contributed by atoms with Crippen LogP contribution in [0, 0.1) is 0 Å². The first-order chi connectivity index (χ1) is 5.25. The molecule has 1 aliphatic heterocycles. The average molecular weight is 156 g/mol. The lowest BCUT2D eigenvalue weighted by Crippen LogP contribution is -2.20. The van der Waals surface area contributed by atoms with E-state index >= 15 is 0 Å². The zero-order chi connectivity index (χ0) is 8.27. The van der Waals surface area contributed by atoms with Crippen molar-refractivity contribution in [3.8, 4) is 0 Å². The molecule has 0 aromatic carbocycles.